The monoisotopic (exact) mass is 332 g/mol. The summed E-state index contributed by atoms with van der Waals surface area (Å²) < 4.78 is 10.2. The van der Waals surface area contributed by atoms with Crippen LogP contribution in [-0.2, 0) is 14.3 Å². The van der Waals surface area contributed by atoms with E-state index in [-0.39, 0.29) is 11.4 Å². The van der Waals surface area contributed by atoms with Crippen molar-refractivity contribution in [2.75, 3.05) is 7.11 Å². The SMILES string of the molecule is COc1ccc(C2=C/C(=C3\C(=O)C=C(C)OC3=O)SS2)cc1. The number of methoxy groups -OCH3 is 1. The number of ketones is 1. The van der Waals surface area contributed by atoms with Crippen LogP contribution in [0.1, 0.15) is 12.5 Å². The molecule has 0 fully saturated rings. The summed E-state index contributed by atoms with van der Waals surface area (Å²) >= 11 is 0. The molecule has 0 saturated heterocycles. The van der Waals surface area contributed by atoms with E-state index >= 15 is 0 Å². The fraction of sp³-hybridized carbons (Fsp3) is 0.125. The number of cyclic esters (lactones) is 1. The molecule has 0 aliphatic carbocycles. The molecule has 0 aromatic heterocycles. The lowest BCUT2D eigenvalue weighted by atomic mass is 10.1. The second kappa shape index (κ2) is 6.06. The lowest BCUT2D eigenvalue weighted by Crippen LogP contribution is -2.20. The largest absolute Gasteiger partial charge is 0.497 e. The normalized spacial score (nSPS) is 21.4. The molecule has 0 spiro atoms. The van der Waals surface area contributed by atoms with Gasteiger partial charge in [-0.2, -0.15) is 0 Å². The van der Waals surface area contributed by atoms with Gasteiger partial charge in [0, 0.05) is 15.9 Å². The number of allylic oxidation sites excluding steroid dienone is 3. The molecule has 6 heteroatoms. The van der Waals surface area contributed by atoms with Crippen molar-refractivity contribution >= 4 is 38.2 Å². The highest BCUT2D eigenvalue weighted by Crippen LogP contribution is 2.51. The first-order chi connectivity index (χ1) is 10.6. The van der Waals surface area contributed by atoms with Crippen molar-refractivity contribution < 1.29 is 19.1 Å². The number of carbonyl (C=O) groups excluding carboxylic acids is 2. The van der Waals surface area contributed by atoms with E-state index in [1.807, 2.05) is 30.3 Å². The average Bonchev–Trinajstić information content (AvgIpc) is 2.96. The Kier molecular flexibility index (Phi) is 4.13. The summed E-state index contributed by atoms with van der Waals surface area (Å²) in [4.78, 5) is 25.6. The molecule has 2 heterocycles. The molecule has 0 atom stereocenters. The summed E-state index contributed by atoms with van der Waals surface area (Å²) in [7, 11) is 4.52. The van der Waals surface area contributed by atoms with E-state index < -0.39 is 5.97 Å². The zero-order valence-electron chi connectivity index (χ0n) is 11.9. The summed E-state index contributed by atoms with van der Waals surface area (Å²) in [6.45, 7) is 1.59. The Balaban J connectivity index is 1.95. The number of hydrogen-bond donors (Lipinski definition) is 0. The molecule has 112 valence electrons. The van der Waals surface area contributed by atoms with Crippen LogP contribution in [-0.4, -0.2) is 18.9 Å². The van der Waals surface area contributed by atoms with Gasteiger partial charge in [-0.3, -0.25) is 4.79 Å². The van der Waals surface area contributed by atoms with Crippen molar-refractivity contribution in [1.82, 2.24) is 0 Å². The van der Waals surface area contributed by atoms with E-state index in [1.54, 1.807) is 14.0 Å². The number of esters is 1. The second-order valence-electron chi connectivity index (χ2n) is 4.65. The molecule has 0 bridgehead atoms. The third-order valence-corrected chi connectivity index (χ3v) is 5.59. The summed E-state index contributed by atoms with van der Waals surface area (Å²) in [5, 5.41) is 0. The topological polar surface area (TPSA) is 52.6 Å². The molecule has 0 saturated carbocycles. The van der Waals surface area contributed by atoms with Crippen LogP contribution < -0.4 is 4.74 Å². The van der Waals surface area contributed by atoms with Gasteiger partial charge in [0.25, 0.3) is 0 Å². The molecule has 0 radical (unpaired) electrons. The Labute approximate surface area is 135 Å². The van der Waals surface area contributed by atoms with Crippen molar-refractivity contribution in [3.8, 4) is 5.75 Å². The molecule has 4 nitrogen and oxygen atoms in total. The standard InChI is InChI=1S/C16H12O4S2/c1-9-7-12(17)15(16(18)20-9)14-8-13(21-22-14)10-3-5-11(19-2)6-4-10/h3-8H,1-2H3/b15-14-. The summed E-state index contributed by atoms with van der Waals surface area (Å²) in [5.74, 6) is 0.226. The van der Waals surface area contributed by atoms with Gasteiger partial charge < -0.3 is 9.47 Å². The quantitative estimate of drug-likeness (QED) is 0.356. The molecular formula is C16H12O4S2. The minimum atomic E-state index is -0.583. The smallest absolute Gasteiger partial charge is 0.348 e. The van der Waals surface area contributed by atoms with Gasteiger partial charge in [-0.1, -0.05) is 33.7 Å². The third kappa shape index (κ3) is 2.84. The molecule has 2 aliphatic heterocycles. The highest BCUT2D eigenvalue weighted by Gasteiger charge is 2.30. The zero-order valence-corrected chi connectivity index (χ0v) is 13.5. The minimum Gasteiger partial charge on any atom is -0.497 e. The van der Waals surface area contributed by atoms with E-state index in [0.29, 0.717) is 10.7 Å². The van der Waals surface area contributed by atoms with Crippen molar-refractivity contribution in [2.45, 2.75) is 6.92 Å². The predicted octanol–water partition coefficient (Wildman–Crippen LogP) is 3.71. The van der Waals surface area contributed by atoms with Crippen LogP contribution in [0.3, 0.4) is 0 Å². The first kappa shape index (κ1) is 15.0. The Hall–Kier alpha value is -1.92. The Morgan fingerprint density at radius 1 is 1.05 bits per heavy atom. The van der Waals surface area contributed by atoms with E-state index in [0.717, 1.165) is 16.2 Å². The second-order valence-corrected chi connectivity index (χ2v) is 6.86. The van der Waals surface area contributed by atoms with Crippen molar-refractivity contribution in [2.24, 2.45) is 0 Å². The van der Waals surface area contributed by atoms with Crippen LogP contribution in [0.15, 0.2) is 52.7 Å². The fourth-order valence-corrected chi connectivity index (χ4v) is 4.52. The fourth-order valence-electron chi connectivity index (χ4n) is 2.06. The number of carbonyl (C=O) groups is 2. The highest BCUT2D eigenvalue weighted by molar-refractivity contribution is 8.82. The predicted molar refractivity (Wildman–Crippen MR) is 88.0 cm³/mol. The van der Waals surface area contributed by atoms with Gasteiger partial charge >= 0.3 is 5.97 Å². The molecule has 1 aromatic rings. The maximum atomic E-state index is 12.0. The number of hydrogen-bond acceptors (Lipinski definition) is 6. The van der Waals surface area contributed by atoms with Gasteiger partial charge in [0.15, 0.2) is 5.78 Å². The van der Waals surface area contributed by atoms with E-state index in [2.05, 4.69) is 0 Å². The Bertz CT molecular complexity index is 742. The molecule has 0 amide bonds. The molecule has 0 N–H and O–H groups in total. The van der Waals surface area contributed by atoms with Gasteiger partial charge in [-0.25, -0.2) is 4.79 Å². The molecule has 1 aromatic carbocycles. The zero-order chi connectivity index (χ0) is 15.7. The van der Waals surface area contributed by atoms with Crippen LogP contribution in [0.2, 0.25) is 0 Å². The van der Waals surface area contributed by atoms with E-state index in [1.165, 1.54) is 27.7 Å². The average molecular weight is 332 g/mol. The summed E-state index contributed by atoms with van der Waals surface area (Å²) in [5.41, 5.74) is 1.11. The highest BCUT2D eigenvalue weighted by atomic mass is 33.1. The Morgan fingerprint density at radius 2 is 1.77 bits per heavy atom. The van der Waals surface area contributed by atoms with Crippen molar-refractivity contribution in [3.05, 3.63) is 58.2 Å². The van der Waals surface area contributed by atoms with Crippen LogP contribution in [0.5, 0.6) is 5.75 Å². The molecule has 0 unspecified atom stereocenters. The third-order valence-electron chi connectivity index (χ3n) is 3.14. The first-order valence-corrected chi connectivity index (χ1v) is 8.63. The van der Waals surface area contributed by atoms with Crippen molar-refractivity contribution in [3.63, 3.8) is 0 Å². The molecular weight excluding hydrogens is 320 g/mol. The van der Waals surface area contributed by atoms with E-state index in [9.17, 15) is 9.59 Å². The lowest BCUT2D eigenvalue weighted by Gasteiger charge is -2.12. The summed E-state index contributed by atoms with van der Waals surface area (Å²) in [6, 6.07) is 7.63. The lowest BCUT2D eigenvalue weighted by molar-refractivity contribution is -0.137. The minimum absolute atomic E-state index is 0.103. The number of benzene rings is 1. The Morgan fingerprint density at radius 3 is 2.41 bits per heavy atom. The molecule has 22 heavy (non-hydrogen) atoms. The van der Waals surface area contributed by atoms with Crippen LogP contribution >= 0.6 is 21.6 Å². The number of rotatable bonds is 2. The van der Waals surface area contributed by atoms with Crippen LogP contribution in [0, 0.1) is 0 Å². The molecule has 2 aliphatic rings. The maximum Gasteiger partial charge on any atom is 0.348 e. The first-order valence-electron chi connectivity index (χ1n) is 6.48. The van der Waals surface area contributed by atoms with Crippen LogP contribution in [0.4, 0.5) is 0 Å². The van der Waals surface area contributed by atoms with E-state index in [4.69, 9.17) is 9.47 Å². The maximum absolute atomic E-state index is 12.0. The summed E-state index contributed by atoms with van der Waals surface area (Å²) in [6.07, 6.45) is 3.19. The van der Waals surface area contributed by atoms with Crippen molar-refractivity contribution in [1.29, 1.82) is 0 Å². The van der Waals surface area contributed by atoms with Gasteiger partial charge in [-0.15, -0.1) is 0 Å². The van der Waals surface area contributed by atoms with Crippen LogP contribution in [0.25, 0.3) is 4.91 Å². The van der Waals surface area contributed by atoms with Gasteiger partial charge in [0.2, 0.25) is 0 Å². The van der Waals surface area contributed by atoms with Gasteiger partial charge in [0.1, 0.15) is 17.1 Å². The molecule has 3 rings (SSSR count). The van der Waals surface area contributed by atoms with Gasteiger partial charge in [-0.05, 0) is 30.7 Å². The number of ether oxygens (including phenoxy) is 2. The van der Waals surface area contributed by atoms with Gasteiger partial charge in [0.05, 0.1) is 7.11 Å².